The second-order valence-electron chi connectivity index (χ2n) is 6.01. The number of hydrogen-bond acceptors (Lipinski definition) is 4. The van der Waals surface area contributed by atoms with E-state index in [0.29, 0.717) is 6.54 Å². The van der Waals surface area contributed by atoms with E-state index in [-0.39, 0.29) is 5.97 Å². The molecule has 0 aromatic heterocycles. The van der Waals surface area contributed by atoms with Crippen LogP contribution in [0, 0.1) is 5.92 Å². The van der Waals surface area contributed by atoms with E-state index < -0.39 is 0 Å². The van der Waals surface area contributed by atoms with Gasteiger partial charge < -0.3 is 9.64 Å². The van der Waals surface area contributed by atoms with E-state index in [1.54, 1.807) is 0 Å². The molecular weight excluding hydrogens is 240 g/mol. The second-order valence-corrected chi connectivity index (χ2v) is 6.01. The van der Waals surface area contributed by atoms with Gasteiger partial charge in [0.1, 0.15) is 0 Å². The molecule has 2 aliphatic heterocycles. The maximum Gasteiger partial charge on any atom is 0.319 e. The number of methoxy groups -OCH3 is 1. The Bertz CT molecular complexity index is 267. The number of hydrogen-bond donors (Lipinski definition) is 0. The SMILES string of the molecule is COC(=O)CN1CCC(CN2CCCCCC2)CC1. The first-order valence-electron chi connectivity index (χ1n) is 7.79. The minimum atomic E-state index is -0.106. The lowest BCUT2D eigenvalue weighted by atomic mass is 9.96. The number of nitrogens with zero attached hydrogens (tertiary/aromatic N) is 2. The van der Waals surface area contributed by atoms with Gasteiger partial charge in [0, 0.05) is 6.54 Å². The van der Waals surface area contributed by atoms with Crippen LogP contribution in [0.4, 0.5) is 0 Å². The van der Waals surface area contributed by atoms with Gasteiger partial charge in [0.2, 0.25) is 0 Å². The van der Waals surface area contributed by atoms with Gasteiger partial charge in [-0.1, -0.05) is 12.8 Å². The van der Waals surface area contributed by atoms with Crippen LogP contribution >= 0.6 is 0 Å². The molecule has 2 saturated heterocycles. The van der Waals surface area contributed by atoms with Crippen molar-refractivity contribution in [3.8, 4) is 0 Å². The summed E-state index contributed by atoms with van der Waals surface area (Å²) in [6.45, 7) is 6.42. The summed E-state index contributed by atoms with van der Waals surface area (Å²) >= 11 is 0. The quantitative estimate of drug-likeness (QED) is 0.727. The number of likely N-dealkylation sites (tertiary alicyclic amines) is 2. The van der Waals surface area contributed by atoms with Crippen LogP contribution in [0.3, 0.4) is 0 Å². The summed E-state index contributed by atoms with van der Waals surface area (Å²) in [5, 5.41) is 0. The zero-order valence-electron chi connectivity index (χ0n) is 12.3. The Hall–Kier alpha value is -0.610. The first kappa shape index (κ1) is 14.8. The molecule has 0 N–H and O–H groups in total. The Morgan fingerprint density at radius 1 is 1.00 bits per heavy atom. The summed E-state index contributed by atoms with van der Waals surface area (Å²) < 4.78 is 4.73. The minimum absolute atomic E-state index is 0.106. The first-order valence-corrected chi connectivity index (χ1v) is 7.79. The van der Waals surface area contributed by atoms with Crippen LogP contribution in [0.1, 0.15) is 38.5 Å². The van der Waals surface area contributed by atoms with Crippen LogP contribution in [0.15, 0.2) is 0 Å². The van der Waals surface area contributed by atoms with Crippen LogP contribution in [0.5, 0.6) is 0 Å². The average Bonchev–Trinajstić information content (AvgIpc) is 2.69. The van der Waals surface area contributed by atoms with E-state index in [1.807, 2.05) is 0 Å². The Labute approximate surface area is 117 Å². The zero-order valence-corrected chi connectivity index (χ0v) is 12.3. The standard InChI is InChI=1S/C15H28N2O2/c1-19-15(18)13-17-10-6-14(7-11-17)12-16-8-4-2-3-5-9-16/h14H,2-13H2,1H3. The molecular formula is C15H28N2O2. The number of carbonyl (C=O) groups excluding carboxylic acids is 1. The molecule has 2 fully saturated rings. The van der Waals surface area contributed by atoms with Gasteiger partial charge in [-0.25, -0.2) is 0 Å². The van der Waals surface area contributed by atoms with Crippen molar-refractivity contribution in [3.05, 3.63) is 0 Å². The summed E-state index contributed by atoms with van der Waals surface area (Å²) in [6.07, 6.45) is 8.03. The second kappa shape index (κ2) is 7.85. The fourth-order valence-electron chi connectivity index (χ4n) is 3.26. The third-order valence-electron chi connectivity index (χ3n) is 4.50. The van der Waals surface area contributed by atoms with Gasteiger partial charge in [0.25, 0.3) is 0 Å². The number of piperidine rings is 1. The van der Waals surface area contributed by atoms with Crippen molar-refractivity contribution in [1.82, 2.24) is 9.80 Å². The van der Waals surface area contributed by atoms with Crippen LogP contribution in [0.25, 0.3) is 0 Å². The van der Waals surface area contributed by atoms with Crippen molar-refractivity contribution in [2.24, 2.45) is 5.92 Å². The van der Waals surface area contributed by atoms with E-state index in [4.69, 9.17) is 4.74 Å². The summed E-state index contributed by atoms with van der Waals surface area (Å²) in [7, 11) is 1.47. The van der Waals surface area contributed by atoms with Gasteiger partial charge in [0.05, 0.1) is 13.7 Å². The molecule has 0 radical (unpaired) electrons. The summed E-state index contributed by atoms with van der Waals surface area (Å²) in [4.78, 5) is 16.1. The molecule has 2 aliphatic rings. The molecule has 0 aliphatic carbocycles. The summed E-state index contributed by atoms with van der Waals surface area (Å²) in [6, 6.07) is 0. The highest BCUT2D eigenvalue weighted by molar-refractivity contribution is 5.71. The van der Waals surface area contributed by atoms with Gasteiger partial charge >= 0.3 is 5.97 Å². The monoisotopic (exact) mass is 268 g/mol. The molecule has 0 spiro atoms. The molecule has 2 rings (SSSR count). The Morgan fingerprint density at radius 2 is 1.63 bits per heavy atom. The number of carbonyl (C=O) groups is 1. The van der Waals surface area contributed by atoms with Crippen LogP contribution < -0.4 is 0 Å². The smallest absolute Gasteiger partial charge is 0.319 e. The van der Waals surface area contributed by atoms with Crippen molar-refractivity contribution in [2.45, 2.75) is 38.5 Å². The first-order chi connectivity index (χ1) is 9.28. The zero-order chi connectivity index (χ0) is 13.5. The Balaban J connectivity index is 1.66. The van der Waals surface area contributed by atoms with E-state index in [0.717, 1.165) is 19.0 Å². The molecule has 0 bridgehead atoms. The normalized spacial score (nSPS) is 24.1. The molecule has 0 aromatic rings. The number of rotatable bonds is 4. The van der Waals surface area contributed by atoms with Gasteiger partial charge in [-0.05, 0) is 57.8 Å². The molecule has 0 saturated carbocycles. The molecule has 4 nitrogen and oxygen atoms in total. The van der Waals surface area contributed by atoms with Crippen LogP contribution in [0.2, 0.25) is 0 Å². The predicted molar refractivity (Wildman–Crippen MR) is 76.1 cm³/mol. The molecule has 0 aromatic carbocycles. The van der Waals surface area contributed by atoms with Gasteiger partial charge in [-0.15, -0.1) is 0 Å². The highest BCUT2D eigenvalue weighted by atomic mass is 16.5. The Morgan fingerprint density at radius 3 is 2.21 bits per heavy atom. The van der Waals surface area contributed by atoms with Crippen molar-refractivity contribution in [3.63, 3.8) is 0 Å². The van der Waals surface area contributed by atoms with Crippen LogP contribution in [-0.4, -0.2) is 62.1 Å². The lowest BCUT2D eigenvalue weighted by Gasteiger charge is -2.34. The maximum atomic E-state index is 11.2. The predicted octanol–water partition coefficient (Wildman–Crippen LogP) is 1.75. The molecule has 0 amide bonds. The summed E-state index contributed by atoms with van der Waals surface area (Å²) in [5.41, 5.74) is 0. The average molecular weight is 268 g/mol. The van der Waals surface area contributed by atoms with Crippen molar-refractivity contribution in [2.75, 3.05) is 46.4 Å². The lowest BCUT2D eigenvalue weighted by Crippen LogP contribution is -2.41. The largest absolute Gasteiger partial charge is 0.468 e. The number of ether oxygens (including phenoxy) is 1. The third-order valence-corrected chi connectivity index (χ3v) is 4.50. The van der Waals surface area contributed by atoms with Crippen molar-refractivity contribution >= 4 is 5.97 Å². The summed E-state index contributed by atoms with van der Waals surface area (Å²) in [5.74, 6) is 0.720. The Kier molecular flexibility index (Phi) is 6.11. The lowest BCUT2D eigenvalue weighted by molar-refractivity contribution is -0.142. The van der Waals surface area contributed by atoms with Gasteiger partial charge in [-0.2, -0.15) is 0 Å². The third kappa shape index (κ3) is 5.11. The molecule has 110 valence electrons. The molecule has 4 heteroatoms. The molecule has 19 heavy (non-hydrogen) atoms. The molecule has 2 heterocycles. The van der Waals surface area contributed by atoms with Gasteiger partial charge in [-0.3, -0.25) is 9.69 Å². The van der Waals surface area contributed by atoms with E-state index in [9.17, 15) is 4.79 Å². The highest BCUT2D eigenvalue weighted by Crippen LogP contribution is 2.20. The minimum Gasteiger partial charge on any atom is -0.468 e. The van der Waals surface area contributed by atoms with Crippen molar-refractivity contribution < 1.29 is 9.53 Å². The highest BCUT2D eigenvalue weighted by Gasteiger charge is 2.23. The number of esters is 1. The van der Waals surface area contributed by atoms with E-state index in [1.165, 1.54) is 65.3 Å². The van der Waals surface area contributed by atoms with Gasteiger partial charge in [0.15, 0.2) is 0 Å². The fraction of sp³-hybridized carbons (Fsp3) is 0.933. The molecule has 0 atom stereocenters. The topological polar surface area (TPSA) is 32.8 Å². The van der Waals surface area contributed by atoms with E-state index >= 15 is 0 Å². The molecule has 0 unspecified atom stereocenters. The maximum absolute atomic E-state index is 11.2. The van der Waals surface area contributed by atoms with Crippen LogP contribution in [-0.2, 0) is 9.53 Å². The van der Waals surface area contributed by atoms with Crippen molar-refractivity contribution in [1.29, 1.82) is 0 Å². The van der Waals surface area contributed by atoms with E-state index in [2.05, 4.69) is 9.80 Å². The fourth-order valence-corrected chi connectivity index (χ4v) is 3.26.